The van der Waals surface area contributed by atoms with Crippen molar-refractivity contribution in [2.45, 2.75) is 33.4 Å². The number of aryl methyl sites for hydroxylation is 2. The molecule has 0 saturated carbocycles. The number of piperazine rings is 1. The van der Waals surface area contributed by atoms with E-state index in [4.69, 9.17) is 5.73 Å². The number of imide groups is 1. The first-order valence-corrected chi connectivity index (χ1v) is 6.21. The van der Waals surface area contributed by atoms with Crippen LogP contribution in [0.4, 0.5) is 5.69 Å². The molecular weight excluding hydrogens is 244 g/mol. The number of nitrogens with one attached hydrogen (secondary N) is 1. The zero-order chi connectivity index (χ0) is 14.2. The number of amides is 2. The summed E-state index contributed by atoms with van der Waals surface area (Å²) in [6.45, 7) is 6.02. The molecule has 6 nitrogen and oxygen atoms in total. The van der Waals surface area contributed by atoms with Crippen LogP contribution in [0.15, 0.2) is 6.07 Å². The molecule has 0 aromatic carbocycles. The zero-order valence-corrected chi connectivity index (χ0v) is 11.4. The van der Waals surface area contributed by atoms with Gasteiger partial charge in [0.1, 0.15) is 6.04 Å². The Morgan fingerprint density at radius 3 is 2.79 bits per heavy atom. The lowest BCUT2D eigenvalue weighted by atomic mass is 10.1. The van der Waals surface area contributed by atoms with Crippen LogP contribution in [0, 0.1) is 13.8 Å². The van der Waals surface area contributed by atoms with Crippen LogP contribution in [0.1, 0.15) is 23.9 Å². The molecule has 1 aliphatic rings. The van der Waals surface area contributed by atoms with E-state index in [-0.39, 0.29) is 18.4 Å². The van der Waals surface area contributed by atoms with Crippen molar-refractivity contribution in [3.05, 3.63) is 23.0 Å². The highest BCUT2D eigenvalue weighted by molar-refractivity contribution is 6.04. The summed E-state index contributed by atoms with van der Waals surface area (Å²) in [6, 6.07) is 1.47. The predicted molar refractivity (Wildman–Crippen MR) is 71.6 cm³/mol. The van der Waals surface area contributed by atoms with Crippen LogP contribution >= 0.6 is 0 Å². The molecule has 0 spiro atoms. The molecule has 0 aliphatic carbocycles. The van der Waals surface area contributed by atoms with Crippen LogP contribution in [-0.4, -0.2) is 29.4 Å². The van der Waals surface area contributed by atoms with Gasteiger partial charge in [0.25, 0.3) is 0 Å². The molecule has 3 N–H and O–H groups in total. The van der Waals surface area contributed by atoms with Gasteiger partial charge in [0.15, 0.2) is 0 Å². The smallest absolute Gasteiger partial charge is 0.249 e. The van der Waals surface area contributed by atoms with Crippen LogP contribution in [0.3, 0.4) is 0 Å². The molecule has 1 aromatic rings. The standard InChI is InChI=1S/C13H18N4O2/c1-7-4-11(10(5-14)8(2)15-7)17-6-12(18)16-13(19)9(17)3/h4,9H,5-6,14H2,1-3H3,(H,16,18,19). The summed E-state index contributed by atoms with van der Waals surface area (Å²) in [5.41, 5.74) is 9.15. The van der Waals surface area contributed by atoms with Crippen LogP contribution in [0.2, 0.25) is 0 Å². The van der Waals surface area contributed by atoms with Gasteiger partial charge in [0.05, 0.1) is 6.54 Å². The molecule has 2 amide bonds. The predicted octanol–water partition coefficient (Wildman–Crippen LogP) is 0.00844. The number of nitrogens with two attached hydrogens (primary N) is 1. The van der Waals surface area contributed by atoms with Gasteiger partial charge in [-0.2, -0.15) is 0 Å². The van der Waals surface area contributed by atoms with Crippen molar-refractivity contribution in [3.8, 4) is 0 Å². The summed E-state index contributed by atoms with van der Waals surface area (Å²) >= 11 is 0. The number of nitrogens with zero attached hydrogens (tertiary/aromatic N) is 2. The number of pyridine rings is 1. The highest BCUT2D eigenvalue weighted by atomic mass is 16.2. The van der Waals surface area contributed by atoms with Gasteiger partial charge in [-0.1, -0.05) is 0 Å². The second-order valence-electron chi connectivity index (χ2n) is 4.77. The van der Waals surface area contributed by atoms with Gasteiger partial charge in [-0.15, -0.1) is 0 Å². The molecular formula is C13H18N4O2. The fourth-order valence-electron chi connectivity index (χ4n) is 2.35. The first kappa shape index (κ1) is 13.5. The maximum absolute atomic E-state index is 11.7. The normalized spacial score (nSPS) is 19.6. The van der Waals surface area contributed by atoms with E-state index in [1.165, 1.54) is 0 Å². The molecule has 0 radical (unpaired) electrons. The molecule has 1 unspecified atom stereocenters. The molecule has 0 bridgehead atoms. The molecule has 19 heavy (non-hydrogen) atoms. The third kappa shape index (κ3) is 2.44. The number of hydrogen-bond donors (Lipinski definition) is 2. The summed E-state index contributed by atoms with van der Waals surface area (Å²) in [7, 11) is 0. The highest BCUT2D eigenvalue weighted by Gasteiger charge is 2.31. The average molecular weight is 262 g/mol. The first-order valence-electron chi connectivity index (χ1n) is 6.21. The maximum Gasteiger partial charge on any atom is 0.249 e. The van der Waals surface area contributed by atoms with E-state index in [0.717, 1.165) is 22.6 Å². The summed E-state index contributed by atoms with van der Waals surface area (Å²) in [4.78, 5) is 29.4. The number of aromatic nitrogens is 1. The molecule has 1 aromatic heterocycles. The van der Waals surface area contributed by atoms with Gasteiger partial charge in [0, 0.05) is 29.2 Å². The number of anilines is 1. The Bertz CT molecular complexity index is 542. The fraction of sp³-hybridized carbons (Fsp3) is 0.462. The van der Waals surface area contributed by atoms with E-state index in [1.807, 2.05) is 19.9 Å². The van der Waals surface area contributed by atoms with Crippen molar-refractivity contribution in [1.82, 2.24) is 10.3 Å². The van der Waals surface area contributed by atoms with Crippen molar-refractivity contribution in [1.29, 1.82) is 0 Å². The second-order valence-corrected chi connectivity index (χ2v) is 4.77. The largest absolute Gasteiger partial charge is 0.350 e. The topological polar surface area (TPSA) is 88.3 Å². The van der Waals surface area contributed by atoms with Gasteiger partial charge in [0.2, 0.25) is 11.8 Å². The molecule has 2 rings (SSSR count). The first-order chi connectivity index (χ1) is 8.93. The van der Waals surface area contributed by atoms with Gasteiger partial charge in [-0.05, 0) is 26.8 Å². The number of hydrogen-bond acceptors (Lipinski definition) is 5. The maximum atomic E-state index is 11.7. The Hall–Kier alpha value is -1.95. The van der Waals surface area contributed by atoms with Crippen LogP contribution in [-0.2, 0) is 16.1 Å². The van der Waals surface area contributed by atoms with Crippen molar-refractivity contribution >= 4 is 17.5 Å². The molecule has 102 valence electrons. The SMILES string of the molecule is Cc1cc(N2CC(=O)NC(=O)C2C)c(CN)c(C)n1. The van der Waals surface area contributed by atoms with E-state index < -0.39 is 6.04 Å². The lowest BCUT2D eigenvalue weighted by molar-refractivity contribution is -0.132. The van der Waals surface area contributed by atoms with E-state index >= 15 is 0 Å². The summed E-state index contributed by atoms with van der Waals surface area (Å²) in [6.07, 6.45) is 0. The third-order valence-electron chi connectivity index (χ3n) is 3.37. The van der Waals surface area contributed by atoms with Crippen LogP contribution in [0.5, 0.6) is 0 Å². The monoisotopic (exact) mass is 262 g/mol. The minimum absolute atomic E-state index is 0.156. The molecule has 1 fully saturated rings. The fourth-order valence-corrected chi connectivity index (χ4v) is 2.35. The van der Waals surface area contributed by atoms with Crippen molar-refractivity contribution in [2.24, 2.45) is 5.73 Å². The summed E-state index contributed by atoms with van der Waals surface area (Å²) in [5, 5.41) is 2.33. The third-order valence-corrected chi connectivity index (χ3v) is 3.37. The quantitative estimate of drug-likeness (QED) is 0.733. The number of rotatable bonds is 2. The average Bonchev–Trinajstić information content (AvgIpc) is 2.33. The van der Waals surface area contributed by atoms with Gasteiger partial charge < -0.3 is 10.6 Å². The highest BCUT2D eigenvalue weighted by Crippen LogP contribution is 2.26. The number of carbonyl (C=O) groups excluding carboxylic acids is 2. The Labute approximate surface area is 112 Å². The molecule has 1 saturated heterocycles. The van der Waals surface area contributed by atoms with Crippen molar-refractivity contribution in [2.75, 3.05) is 11.4 Å². The minimum atomic E-state index is -0.399. The van der Waals surface area contributed by atoms with Crippen molar-refractivity contribution in [3.63, 3.8) is 0 Å². The minimum Gasteiger partial charge on any atom is -0.350 e. The molecule has 2 heterocycles. The Balaban J connectivity index is 2.50. The zero-order valence-electron chi connectivity index (χ0n) is 11.4. The molecule has 1 aliphatic heterocycles. The number of carbonyl (C=O) groups is 2. The van der Waals surface area contributed by atoms with Crippen LogP contribution < -0.4 is 16.0 Å². The van der Waals surface area contributed by atoms with Crippen LogP contribution in [0.25, 0.3) is 0 Å². The lowest BCUT2D eigenvalue weighted by Gasteiger charge is -2.35. The van der Waals surface area contributed by atoms with Gasteiger partial charge in [-0.25, -0.2) is 0 Å². The van der Waals surface area contributed by atoms with E-state index in [2.05, 4.69) is 10.3 Å². The van der Waals surface area contributed by atoms with E-state index in [9.17, 15) is 9.59 Å². The van der Waals surface area contributed by atoms with Gasteiger partial charge >= 0.3 is 0 Å². The Morgan fingerprint density at radius 1 is 1.47 bits per heavy atom. The Kier molecular flexibility index (Phi) is 3.53. The van der Waals surface area contributed by atoms with Crippen molar-refractivity contribution < 1.29 is 9.59 Å². The Morgan fingerprint density at radius 2 is 2.16 bits per heavy atom. The second kappa shape index (κ2) is 4.97. The lowest BCUT2D eigenvalue weighted by Crippen LogP contribution is -2.57. The molecule has 6 heteroatoms. The summed E-state index contributed by atoms with van der Waals surface area (Å²) < 4.78 is 0. The van der Waals surface area contributed by atoms with E-state index in [1.54, 1.807) is 11.8 Å². The summed E-state index contributed by atoms with van der Waals surface area (Å²) in [5.74, 6) is -0.579. The molecule has 1 atom stereocenters. The van der Waals surface area contributed by atoms with Gasteiger partial charge in [-0.3, -0.25) is 19.9 Å². The van der Waals surface area contributed by atoms with E-state index in [0.29, 0.717) is 6.54 Å².